The molecule has 4 rings (SSSR count). The van der Waals surface area contributed by atoms with Crippen molar-refractivity contribution in [1.82, 2.24) is 5.32 Å². The first-order valence-electron chi connectivity index (χ1n) is 11.2. The zero-order chi connectivity index (χ0) is 27.6. The number of benzene rings is 3. The molecule has 0 saturated carbocycles. The average Bonchev–Trinajstić information content (AvgIpc) is 2.85. The molecule has 1 aliphatic heterocycles. The van der Waals surface area contributed by atoms with Gasteiger partial charge in [0.15, 0.2) is 6.61 Å². The Morgan fingerprint density at radius 2 is 1.79 bits per heavy atom. The first-order valence-corrected chi connectivity index (χ1v) is 12.7. The van der Waals surface area contributed by atoms with Crippen molar-refractivity contribution in [2.75, 3.05) is 16.8 Å². The number of carbonyl (C=O) groups excluding carboxylic acids is 4. The second-order valence-electron chi connectivity index (χ2n) is 8.39. The SMILES string of the molecule is Cc1ccc(C)c(NC(=O)COc2ccc(Br)cc2/C=C2/C(=O)NC(=O)N(c3ccc(Cl)c(Cl)c3)C2=O)c1. The molecule has 1 fully saturated rings. The van der Waals surface area contributed by atoms with E-state index in [1.54, 1.807) is 18.2 Å². The van der Waals surface area contributed by atoms with Gasteiger partial charge < -0.3 is 10.1 Å². The van der Waals surface area contributed by atoms with Crippen LogP contribution in [0.15, 0.2) is 64.6 Å². The number of carbonyl (C=O) groups is 4. The van der Waals surface area contributed by atoms with Gasteiger partial charge >= 0.3 is 6.03 Å². The van der Waals surface area contributed by atoms with Crippen LogP contribution in [0, 0.1) is 13.8 Å². The van der Waals surface area contributed by atoms with Crippen molar-refractivity contribution in [1.29, 1.82) is 0 Å². The van der Waals surface area contributed by atoms with Crippen LogP contribution in [0.25, 0.3) is 6.08 Å². The number of nitrogens with one attached hydrogen (secondary N) is 2. The van der Waals surface area contributed by atoms with Crippen molar-refractivity contribution in [3.05, 3.63) is 91.4 Å². The lowest BCUT2D eigenvalue weighted by Crippen LogP contribution is -2.54. The van der Waals surface area contributed by atoms with Gasteiger partial charge in [0.25, 0.3) is 17.7 Å². The number of rotatable bonds is 6. The number of amides is 5. The molecule has 194 valence electrons. The minimum Gasteiger partial charge on any atom is -0.483 e. The molecule has 0 unspecified atom stereocenters. The van der Waals surface area contributed by atoms with Gasteiger partial charge in [-0.25, -0.2) is 9.69 Å². The molecule has 0 aliphatic carbocycles. The Morgan fingerprint density at radius 1 is 1.03 bits per heavy atom. The highest BCUT2D eigenvalue weighted by atomic mass is 79.9. The number of aryl methyl sites for hydroxylation is 2. The maximum absolute atomic E-state index is 13.3. The van der Waals surface area contributed by atoms with E-state index in [-0.39, 0.29) is 39.6 Å². The third kappa shape index (κ3) is 6.07. The Kier molecular flexibility index (Phi) is 8.20. The minimum atomic E-state index is -0.927. The standard InChI is InChI=1S/C27H20BrCl2N3O5/c1-14-3-4-15(2)22(9-14)31-24(34)13-38-23-8-5-17(28)10-16(23)11-19-25(35)32-27(37)33(26(19)36)18-6-7-20(29)21(30)12-18/h3-12H,13H2,1-2H3,(H,31,34)(H,32,35,37)/b19-11-. The molecule has 0 spiro atoms. The van der Waals surface area contributed by atoms with Gasteiger partial charge in [0.05, 0.1) is 15.7 Å². The van der Waals surface area contributed by atoms with E-state index in [4.69, 9.17) is 27.9 Å². The van der Waals surface area contributed by atoms with Gasteiger partial charge in [0, 0.05) is 15.7 Å². The Balaban J connectivity index is 1.59. The van der Waals surface area contributed by atoms with Gasteiger partial charge in [-0.3, -0.25) is 19.7 Å². The van der Waals surface area contributed by atoms with Crippen LogP contribution < -0.4 is 20.3 Å². The first kappa shape index (κ1) is 27.4. The van der Waals surface area contributed by atoms with Crippen molar-refractivity contribution in [3.63, 3.8) is 0 Å². The fourth-order valence-electron chi connectivity index (χ4n) is 3.64. The highest BCUT2D eigenvalue weighted by Crippen LogP contribution is 2.31. The molecule has 1 aliphatic rings. The van der Waals surface area contributed by atoms with Gasteiger partial charge in [-0.05, 0) is 73.5 Å². The smallest absolute Gasteiger partial charge is 0.335 e. The molecular weight excluding hydrogens is 597 g/mol. The molecule has 5 amide bonds. The number of anilines is 2. The third-order valence-electron chi connectivity index (χ3n) is 5.56. The Bertz CT molecular complexity index is 1520. The van der Waals surface area contributed by atoms with Crippen LogP contribution in [0.4, 0.5) is 16.2 Å². The molecule has 3 aromatic carbocycles. The molecule has 0 aromatic heterocycles. The number of halogens is 3. The van der Waals surface area contributed by atoms with E-state index in [2.05, 4.69) is 26.6 Å². The van der Waals surface area contributed by atoms with Gasteiger partial charge in [-0.15, -0.1) is 0 Å². The summed E-state index contributed by atoms with van der Waals surface area (Å²) < 4.78 is 6.37. The van der Waals surface area contributed by atoms with E-state index in [9.17, 15) is 19.2 Å². The quantitative estimate of drug-likeness (QED) is 0.259. The van der Waals surface area contributed by atoms with Crippen LogP contribution >= 0.6 is 39.1 Å². The van der Waals surface area contributed by atoms with Gasteiger partial charge in [-0.1, -0.05) is 51.3 Å². The molecule has 1 saturated heterocycles. The Morgan fingerprint density at radius 3 is 2.53 bits per heavy atom. The third-order valence-corrected chi connectivity index (χ3v) is 6.79. The van der Waals surface area contributed by atoms with E-state index in [1.807, 2.05) is 32.0 Å². The number of barbiturate groups is 1. The predicted molar refractivity (Wildman–Crippen MR) is 150 cm³/mol. The number of imide groups is 2. The molecule has 2 N–H and O–H groups in total. The number of urea groups is 1. The topological polar surface area (TPSA) is 105 Å². The molecule has 0 radical (unpaired) electrons. The molecule has 8 nitrogen and oxygen atoms in total. The first-order chi connectivity index (χ1) is 18.0. The van der Waals surface area contributed by atoms with Crippen LogP contribution in [0.3, 0.4) is 0 Å². The van der Waals surface area contributed by atoms with Gasteiger partial charge in [0.1, 0.15) is 11.3 Å². The van der Waals surface area contributed by atoms with Crippen LogP contribution in [0.2, 0.25) is 10.0 Å². The maximum atomic E-state index is 13.3. The number of hydrogen-bond acceptors (Lipinski definition) is 5. The summed E-state index contributed by atoms with van der Waals surface area (Å²) >= 11 is 15.4. The summed E-state index contributed by atoms with van der Waals surface area (Å²) in [5.41, 5.74) is 2.72. The van der Waals surface area contributed by atoms with Crippen LogP contribution in [-0.2, 0) is 14.4 Å². The lowest BCUT2D eigenvalue weighted by Gasteiger charge is -2.26. The van der Waals surface area contributed by atoms with Crippen molar-refractivity contribution in [2.24, 2.45) is 0 Å². The highest BCUT2D eigenvalue weighted by Gasteiger charge is 2.37. The van der Waals surface area contributed by atoms with E-state index in [0.717, 1.165) is 16.0 Å². The van der Waals surface area contributed by atoms with Crippen molar-refractivity contribution >= 4 is 80.3 Å². The number of nitrogens with zero attached hydrogens (tertiary/aromatic N) is 1. The van der Waals surface area contributed by atoms with Crippen LogP contribution in [-0.4, -0.2) is 30.4 Å². The summed E-state index contributed by atoms with van der Waals surface area (Å²) in [7, 11) is 0. The normalized spacial score (nSPS) is 14.5. The van der Waals surface area contributed by atoms with Crippen molar-refractivity contribution < 1.29 is 23.9 Å². The summed E-state index contributed by atoms with van der Waals surface area (Å²) in [6, 6.07) is 13.9. The molecule has 11 heteroatoms. The molecular formula is C27H20BrCl2N3O5. The molecule has 3 aromatic rings. The maximum Gasteiger partial charge on any atom is 0.335 e. The van der Waals surface area contributed by atoms with E-state index < -0.39 is 17.8 Å². The second-order valence-corrected chi connectivity index (χ2v) is 10.1. The highest BCUT2D eigenvalue weighted by molar-refractivity contribution is 9.10. The molecule has 1 heterocycles. The van der Waals surface area contributed by atoms with Crippen LogP contribution in [0.1, 0.15) is 16.7 Å². The van der Waals surface area contributed by atoms with Crippen LogP contribution in [0.5, 0.6) is 5.75 Å². The van der Waals surface area contributed by atoms with Crippen molar-refractivity contribution in [3.8, 4) is 5.75 Å². The second kappa shape index (κ2) is 11.4. The number of hydrogen-bond donors (Lipinski definition) is 2. The van der Waals surface area contributed by atoms with E-state index >= 15 is 0 Å². The molecule has 38 heavy (non-hydrogen) atoms. The largest absolute Gasteiger partial charge is 0.483 e. The molecule has 0 atom stereocenters. The average molecular weight is 617 g/mol. The van der Waals surface area contributed by atoms with E-state index in [0.29, 0.717) is 15.7 Å². The van der Waals surface area contributed by atoms with Gasteiger partial charge in [-0.2, -0.15) is 0 Å². The lowest BCUT2D eigenvalue weighted by atomic mass is 10.1. The summed E-state index contributed by atoms with van der Waals surface area (Å²) in [6.45, 7) is 3.48. The molecule has 0 bridgehead atoms. The van der Waals surface area contributed by atoms with E-state index in [1.165, 1.54) is 24.3 Å². The zero-order valence-electron chi connectivity index (χ0n) is 20.1. The minimum absolute atomic E-state index is 0.133. The summed E-state index contributed by atoms with van der Waals surface area (Å²) in [4.78, 5) is 51.7. The fourth-order valence-corrected chi connectivity index (χ4v) is 4.31. The predicted octanol–water partition coefficient (Wildman–Crippen LogP) is 6.06. The van der Waals surface area contributed by atoms with Gasteiger partial charge in [0.2, 0.25) is 0 Å². The van der Waals surface area contributed by atoms with Crippen molar-refractivity contribution in [2.45, 2.75) is 13.8 Å². The number of ether oxygens (including phenoxy) is 1. The summed E-state index contributed by atoms with van der Waals surface area (Å²) in [5.74, 6) is -1.89. The fraction of sp³-hybridized carbons (Fsp3) is 0.111. The summed E-state index contributed by atoms with van der Waals surface area (Å²) in [5, 5.41) is 5.34. The lowest BCUT2D eigenvalue weighted by molar-refractivity contribution is -0.122. The summed E-state index contributed by atoms with van der Waals surface area (Å²) in [6.07, 6.45) is 1.29. The Labute approximate surface area is 236 Å². The monoisotopic (exact) mass is 615 g/mol. The zero-order valence-corrected chi connectivity index (χ0v) is 23.2. The Hall–Kier alpha value is -3.66.